The molecule has 1 atom stereocenters. The van der Waals surface area contributed by atoms with Crippen molar-refractivity contribution in [3.8, 4) is 0 Å². The molecule has 0 fully saturated rings. The number of nitrogens with two attached hydrogens (primary N) is 1. The number of carbonyl (C=O) groups excluding carboxylic acids is 1. The number of amides is 1. The van der Waals surface area contributed by atoms with Crippen LogP contribution in [0.3, 0.4) is 0 Å². The third-order valence-electron chi connectivity index (χ3n) is 4.54. The van der Waals surface area contributed by atoms with E-state index in [1.807, 2.05) is 18.2 Å². The molecular weight excluding hydrogens is 298 g/mol. The van der Waals surface area contributed by atoms with Crippen molar-refractivity contribution in [1.82, 2.24) is 4.90 Å². The second-order valence-corrected chi connectivity index (χ2v) is 6.14. The standard InChI is InChI=1S/C20H23N3O/c1-22(18-11-9-17(10-12-18)20(21)24)19(15-23-13-5-6-14-23)16-7-3-2-4-8-16/h2-12,19H,13-15H2,1H3,(H2,21,24)/t19-/m1/s1. The molecule has 0 radical (unpaired) electrons. The van der Waals surface area contributed by atoms with Crippen LogP contribution < -0.4 is 10.6 Å². The van der Waals surface area contributed by atoms with Gasteiger partial charge in [0.2, 0.25) is 5.91 Å². The van der Waals surface area contributed by atoms with Gasteiger partial charge in [-0.25, -0.2) is 0 Å². The molecule has 3 rings (SSSR count). The minimum atomic E-state index is -0.396. The molecule has 124 valence electrons. The number of anilines is 1. The number of hydrogen-bond acceptors (Lipinski definition) is 3. The smallest absolute Gasteiger partial charge is 0.248 e. The molecular formula is C20H23N3O. The van der Waals surface area contributed by atoms with Crippen LogP contribution in [0.2, 0.25) is 0 Å². The molecule has 1 aliphatic heterocycles. The van der Waals surface area contributed by atoms with Crippen LogP contribution in [-0.2, 0) is 0 Å². The molecule has 0 aromatic heterocycles. The zero-order valence-electron chi connectivity index (χ0n) is 13.9. The Morgan fingerprint density at radius 1 is 1.08 bits per heavy atom. The highest BCUT2D eigenvalue weighted by molar-refractivity contribution is 5.93. The van der Waals surface area contributed by atoms with Gasteiger partial charge in [0.1, 0.15) is 0 Å². The second kappa shape index (κ2) is 7.32. The molecule has 0 saturated heterocycles. The third-order valence-corrected chi connectivity index (χ3v) is 4.54. The minimum absolute atomic E-state index is 0.241. The molecule has 1 aliphatic rings. The lowest BCUT2D eigenvalue weighted by molar-refractivity contribution is 0.100. The van der Waals surface area contributed by atoms with Crippen LogP contribution in [0.5, 0.6) is 0 Å². The Balaban J connectivity index is 1.84. The monoisotopic (exact) mass is 321 g/mol. The summed E-state index contributed by atoms with van der Waals surface area (Å²) in [4.78, 5) is 15.9. The molecule has 2 N–H and O–H groups in total. The first kappa shape index (κ1) is 16.3. The molecule has 0 aliphatic carbocycles. The summed E-state index contributed by atoms with van der Waals surface area (Å²) in [6.07, 6.45) is 4.42. The first-order valence-corrected chi connectivity index (χ1v) is 8.20. The lowest BCUT2D eigenvalue weighted by Crippen LogP contribution is -2.35. The average molecular weight is 321 g/mol. The minimum Gasteiger partial charge on any atom is -0.366 e. The van der Waals surface area contributed by atoms with E-state index >= 15 is 0 Å². The number of rotatable bonds is 6. The van der Waals surface area contributed by atoms with Gasteiger partial charge in [-0.05, 0) is 29.8 Å². The Labute approximate surface area is 143 Å². The van der Waals surface area contributed by atoms with Gasteiger partial charge in [0, 0.05) is 37.9 Å². The Morgan fingerprint density at radius 3 is 2.29 bits per heavy atom. The van der Waals surface area contributed by atoms with Gasteiger partial charge >= 0.3 is 0 Å². The van der Waals surface area contributed by atoms with E-state index in [-0.39, 0.29) is 6.04 Å². The zero-order valence-corrected chi connectivity index (χ0v) is 13.9. The van der Waals surface area contributed by atoms with Gasteiger partial charge in [-0.15, -0.1) is 0 Å². The van der Waals surface area contributed by atoms with Crippen molar-refractivity contribution in [2.45, 2.75) is 6.04 Å². The first-order valence-electron chi connectivity index (χ1n) is 8.20. The molecule has 0 saturated carbocycles. The zero-order chi connectivity index (χ0) is 16.9. The topological polar surface area (TPSA) is 49.6 Å². The van der Waals surface area contributed by atoms with Gasteiger partial charge in [-0.1, -0.05) is 42.5 Å². The molecule has 0 spiro atoms. The van der Waals surface area contributed by atoms with Gasteiger partial charge < -0.3 is 10.6 Å². The van der Waals surface area contributed by atoms with E-state index in [9.17, 15) is 4.79 Å². The fourth-order valence-corrected chi connectivity index (χ4v) is 3.08. The summed E-state index contributed by atoms with van der Waals surface area (Å²) in [6, 6.07) is 18.3. The third kappa shape index (κ3) is 3.66. The van der Waals surface area contributed by atoms with Gasteiger partial charge in [0.25, 0.3) is 0 Å². The Bertz CT molecular complexity index is 701. The summed E-state index contributed by atoms with van der Waals surface area (Å²) in [7, 11) is 2.10. The quantitative estimate of drug-likeness (QED) is 0.832. The Kier molecular flexibility index (Phi) is 4.96. The van der Waals surface area contributed by atoms with Gasteiger partial charge in [0.15, 0.2) is 0 Å². The summed E-state index contributed by atoms with van der Waals surface area (Å²) >= 11 is 0. The highest BCUT2D eigenvalue weighted by Crippen LogP contribution is 2.27. The first-order chi connectivity index (χ1) is 11.6. The summed E-state index contributed by atoms with van der Waals surface area (Å²) in [5.74, 6) is -0.396. The van der Waals surface area contributed by atoms with E-state index < -0.39 is 5.91 Å². The molecule has 1 amide bonds. The fraction of sp³-hybridized carbons (Fsp3) is 0.250. The van der Waals surface area contributed by atoms with E-state index in [0.29, 0.717) is 5.56 Å². The van der Waals surface area contributed by atoms with E-state index in [1.54, 1.807) is 12.1 Å². The normalized spacial score (nSPS) is 15.4. The lowest BCUT2D eigenvalue weighted by Gasteiger charge is -2.33. The summed E-state index contributed by atoms with van der Waals surface area (Å²) < 4.78 is 0. The number of nitrogens with zero attached hydrogens (tertiary/aromatic N) is 2. The number of hydrogen-bond donors (Lipinski definition) is 1. The maximum Gasteiger partial charge on any atom is 0.248 e. The van der Waals surface area contributed by atoms with Crippen LogP contribution in [0, 0.1) is 0 Å². The summed E-state index contributed by atoms with van der Waals surface area (Å²) in [5.41, 5.74) is 8.22. The van der Waals surface area contributed by atoms with Crippen LogP contribution in [0.15, 0.2) is 66.7 Å². The number of likely N-dealkylation sites (N-methyl/N-ethyl adjacent to an activating group) is 1. The average Bonchev–Trinajstić information content (AvgIpc) is 3.13. The summed E-state index contributed by atoms with van der Waals surface area (Å²) in [6.45, 7) is 2.95. The van der Waals surface area contributed by atoms with E-state index in [4.69, 9.17) is 5.73 Å². The molecule has 2 aromatic carbocycles. The maximum atomic E-state index is 11.3. The van der Waals surface area contributed by atoms with Crippen molar-refractivity contribution >= 4 is 11.6 Å². The second-order valence-electron chi connectivity index (χ2n) is 6.14. The molecule has 2 aromatic rings. The predicted molar refractivity (Wildman–Crippen MR) is 98.1 cm³/mol. The van der Waals surface area contributed by atoms with Crippen LogP contribution >= 0.6 is 0 Å². The van der Waals surface area contributed by atoms with Crippen molar-refractivity contribution < 1.29 is 4.79 Å². The number of benzene rings is 2. The summed E-state index contributed by atoms with van der Waals surface area (Å²) in [5, 5.41) is 0. The maximum absolute atomic E-state index is 11.3. The van der Waals surface area contributed by atoms with Gasteiger partial charge in [0.05, 0.1) is 6.04 Å². The van der Waals surface area contributed by atoms with Crippen molar-refractivity contribution in [2.24, 2.45) is 5.73 Å². The van der Waals surface area contributed by atoms with Crippen molar-refractivity contribution in [3.05, 3.63) is 77.9 Å². The van der Waals surface area contributed by atoms with Gasteiger partial charge in [-0.3, -0.25) is 9.69 Å². The molecule has 0 bridgehead atoms. The molecule has 4 heteroatoms. The lowest BCUT2D eigenvalue weighted by atomic mass is 10.0. The van der Waals surface area contributed by atoms with Crippen LogP contribution in [-0.4, -0.2) is 37.5 Å². The van der Waals surface area contributed by atoms with Crippen LogP contribution in [0.25, 0.3) is 0 Å². The highest BCUT2D eigenvalue weighted by atomic mass is 16.1. The molecule has 24 heavy (non-hydrogen) atoms. The molecule has 1 heterocycles. The van der Waals surface area contributed by atoms with E-state index in [1.165, 1.54) is 5.56 Å². The van der Waals surface area contributed by atoms with Crippen molar-refractivity contribution in [2.75, 3.05) is 31.6 Å². The van der Waals surface area contributed by atoms with Crippen LogP contribution in [0.4, 0.5) is 5.69 Å². The SMILES string of the molecule is CN(c1ccc(C(N)=O)cc1)[C@H](CN1CC=CC1)c1ccccc1. The molecule has 0 unspecified atom stereocenters. The predicted octanol–water partition coefficient (Wildman–Crippen LogP) is 2.83. The Hall–Kier alpha value is -2.59. The van der Waals surface area contributed by atoms with Crippen molar-refractivity contribution in [1.29, 1.82) is 0 Å². The Morgan fingerprint density at radius 2 is 1.71 bits per heavy atom. The largest absolute Gasteiger partial charge is 0.366 e. The highest BCUT2D eigenvalue weighted by Gasteiger charge is 2.21. The van der Waals surface area contributed by atoms with E-state index in [0.717, 1.165) is 25.3 Å². The number of carbonyl (C=O) groups is 1. The van der Waals surface area contributed by atoms with Crippen LogP contribution in [0.1, 0.15) is 22.0 Å². The van der Waals surface area contributed by atoms with Gasteiger partial charge in [-0.2, -0.15) is 0 Å². The fourth-order valence-electron chi connectivity index (χ4n) is 3.08. The van der Waals surface area contributed by atoms with Crippen molar-refractivity contribution in [3.63, 3.8) is 0 Å². The molecule has 4 nitrogen and oxygen atoms in total. The number of primary amides is 1. The van der Waals surface area contributed by atoms with E-state index in [2.05, 4.69) is 53.3 Å².